The Labute approximate surface area is 212 Å². The second-order valence-corrected chi connectivity index (χ2v) is 9.15. The smallest absolute Gasteiger partial charge is 0.270 e. The van der Waals surface area contributed by atoms with Gasteiger partial charge < -0.3 is 14.8 Å². The number of aromatic nitrogens is 1. The van der Waals surface area contributed by atoms with Gasteiger partial charge in [0.25, 0.3) is 5.91 Å². The second-order valence-electron chi connectivity index (χ2n) is 7.44. The summed E-state index contributed by atoms with van der Waals surface area (Å²) in [6.07, 6.45) is 0.726. The molecule has 0 saturated carbocycles. The quantitative estimate of drug-likeness (QED) is 0.271. The summed E-state index contributed by atoms with van der Waals surface area (Å²) in [6.45, 7) is 0.841. The zero-order valence-corrected chi connectivity index (χ0v) is 20.7. The summed E-state index contributed by atoms with van der Waals surface area (Å²) in [7, 11) is 1.64. The monoisotopic (exact) mass is 512 g/mol. The van der Waals surface area contributed by atoms with Gasteiger partial charge >= 0.3 is 0 Å². The van der Waals surface area contributed by atoms with E-state index in [4.69, 9.17) is 32.7 Å². The fourth-order valence-corrected chi connectivity index (χ4v) is 4.49. The normalized spacial score (nSPS) is 10.7. The predicted octanol–water partition coefficient (Wildman–Crippen LogP) is 6.68. The van der Waals surface area contributed by atoms with Crippen molar-refractivity contribution >= 4 is 40.4 Å². The Hall–Kier alpha value is -3.06. The first-order chi connectivity index (χ1) is 16.5. The molecule has 0 bridgehead atoms. The molecule has 0 unspecified atom stereocenters. The van der Waals surface area contributed by atoms with Crippen LogP contribution in [0.5, 0.6) is 11.5 Å². The standard InChI is InChI=1S/C26H22Cl2N2O3S/c1-32-21-9-5-17(6-10-21)11-12-29-25(31)24-16-34-26(30-24)18-3-2-4-22(13-18)33-15-19-7-8-20(27)14-23(19)28/h2-10,13-14,16H,11-12,15H2,1H3,(H,29,31). The molecule has 0 fully saturated rings. The van der Waals surface area contributed by atoms with Gasteiger partial charge in [-0.15, -0.1) is 11.3 Å². The summed E-state index contributed by atoms with van der Waals surface area (Å²) in [4.78, 5) is 17.0. The van der Waals surface area contributed by atoms with Gasteiger partial charge in [-0.2, -0.15) is 0 Å². The summed E-state index contributed by atoms with van der Waals surface area (Å²) >= 11 is 13.6. The summed E-state index contributed by atoms with van der Waals surface area (Å²) < 4.78 is 11.1. The van der Waals surface area contributed by atoms with Gasteiger partial charge in [0, 0.05) is 33.1 Å². The number of amides is 1. The molecule has 0 aliphatic carbocycles. The number of halogens is 2. The van der Waals surface area contributed by atoms with Crippen LogP contribution < -0.4 is 14.8 Å². The first kappa shape index (κ1) is 24.1. The Morgan fingerprint density at radius 3 is 2.62 bits per heavy atom. The van der Waals surface area contributed by atoms with Crippen LogP contribution in [0.25, 0.3) is 10.6 Å². The number of hydrogen-bond acceptors (Lipinski definition) is 5. The summed E-state index contributed by atoms with van der Waals surface area (Å²) in [5.74, 6) is 1.30. The van der Waals surface area contributed by atoms with Gasteiger partial charge in [-0.25, -0.2) is 4.98 Å². The number of methoxy groups -OCH3 is 1. The van der Waals surface area contributed by atoms with Crippen LogP contribution in [0, 0.1) is 0 Å². The number of thiazole rings is 1. The predicted molar refractivity (Wildman–Crippen MR) is 137 cm³/mol. The third-order valence-electron chi connectivity index (χ3n) is 5.09. The topological polar surface area (TPSA) is 60.5 Å². The highest BCUT2D eigenvalue weighted by molar-refractivity contribution is 7.13. The minimum atomic E-state index is -0.194. The molecule has 0 aliphatic heterocycles. The van der Waals surface area contributed by atoms with E-state index in [2.05, 4.69) is 10.3 Å². The lowest BCUT2D eigenvalue weighted by atomic mass is 10.1. The molecule has 1 heterocycles. The highest BCUT2D eigenvalue weighted by atomic mass is 35.5. The minimum Gasteiger partial charge on any atom is -0.497 e. The molecule has 34 heavy (non-hydrogen) atoms. The molecule has 3 aromatic carbocycles. The molecule has 1 amide bonds. The SMILES string of the molecule is COc1ccc(CCNC(=O)c2csc(-c3cccc(OCc4ccc(Cl)cc4Cl)c3)n2)cc1. The largest absolute Gasteiger partial charge is 0.497 e. The van der Waals surface area contributed by atoms with Gasteiger partial charge in [0.15, 0.2) is 0 Å². The van der Waals surface area contributed by atoms with Crippen LogP contribution in [0.2, 0.25) is 10.0 Å². The van der Waals surface area contributed by atoms with Gasteiger partial charge in [-0.3, -0.25) is 4.79 Å². The highest BCUT2D eigenvalue weighted by Gasteiger charge is 2.12. The van der Waals surface area contributed by atoms with E-state index in [9.17, 15) is 4.79 Å². The number of ether oxygens (including phenoxy) is 2. The molecule has 8 heteroatoms. The van der Waals surface area contributed by atoms with Crippen LogP contribution in [0.15, 0.2) is 72.1 Å². The second kappa shape index (κ2) is 11.4. The van der Waals surface area contributed by atoms with E-state index in [-0.39, 0.29) is 5.91 Å². The molecule has 0 radical (unpaired) electrons. The maximum atomic E-state index is 12.5. The molecule has 0 atom stereocenters. The molecule has 4 aromatic rings. The average Bonchev–Trinajstić information content (AvgIpc) is 3.35. The Balaban J connectivity index is 1.34. The molecule has 1 N–H and O–H groups in total. The summed E-state index contributed by atoms with van der Waals surface area (Å²) in [5.41, 5.74) is 3.24. The molecule has 5 nitrogen and oxygen atoms in total. The van der Waals surface area contributed by atoms with E-state index in [1.165, 1.54) is 11.3 Å². The lowest BCUT2D eigenvalue weighted by Gasteiger charge is -2.09. The van der Waals surface area contributed by atoms with E-state index in [0.717, 1.165) is 33.9 Å². The van der Waals surface area contributed by atoms with E-state index >= 15 is 0 Å². The molecule has 0 aliphatic rings. The number of nitrogens with zero attached hydrogens (tertiary/aromatic N) is 1. The lowest BCUT2D eigenvalue weighted by Crippen LogP contribution is -2.25. The van der Waals surface area contributed by atoms with Gasteiger partial charge in [0.1, 0.15) is 28.8 Å². The molecule has 174 valence electrons. The molecular formula is C26H22Cl2N2O3S. The first-order valence-corrected chi connectivity index (χ1v) is 12.2. The van der Waals surface area contributed by atoms with Gasteiger partial charge in [0.2, 0.25) is 0 Å². The van der Waals surface area contributed by atoms with Crippen molar-refractivity contribution in [3.05, 3.63) is 99.0 Å². The number of hydrogen-bond donors (Lipinski definition) is 1. The fourth-order valence-electron chi connectivity index (χ4n) is 3.23. The van der Waals surface area contributed by atoms with Crippen LogP contribution in [0.1, 0.15) is 21.6 Å². The molecule has 1 aromatic heterocycles. The molecule has 0 spiro atoms. The number of carbonyl (C=O) groups excluding carboxylic acids is 1. The highest BCUT2D eigenvalue weighted by Crippen LogP contribution is 2.28. The zero-order chi connectivity index (χ0) is 23.9. The Morgan fingerprint density at radius 2 is 1.85 bits per heavy atom. The third-order valence-corrected chi connectivity index (χ3v) is 6.56. The fraction of sp³-hybridized carbons (Fsp3) is 0.154. The number of nitrogens with one attached hydrogen (secondary N) is 1. The van der Waals surface area contributed by atoms with E-state index in [1.54, 1.807) is 24.6 Å². The van der Waals surface area contributed by atoms with Crippen molar-refractivity contribution in [1.29, 1.82) is 0 Å². The van der Waals surface area contributed by atoms with Crippen molar-refractivity contribution < 1.29 is 14.3 Å². The van der Waals surface area contributed by atoms with E-state index in [0.29, 0.717) is 34.6 Å². The lowest BCUT2D eigenvalue weighted by molar-refractivity contribution is 0.0950. The molecule has 0 saturated heterocycles. The number of rotatable bonds is 9. The summed E-state index contributed by atoms with van der Waals surface area (Å²) in [6, 6.07) is 20.7. The average molecular weight is 513 g/mol. The summed E-state index contributed by atoms with van der Waals surface area (Å²) in [5, 5.41) is 6.58. The van der Waals surface area contributed by atoms with Crippen molar-refractivity contribution in [3.63, 3.8) is 0 Å². The van der Waals surface area contributed by atoms with E-state index < -0.39 is 0 Å². The number of carbonyl (C=O) groups is 1. The molecular weight excluding hydrogens is 491 g/mol. The number of benzene rings is 3. The maximum absolute atomic E-state index is 12.5. The van der Waals surface area contributed by atoms with Gasteiger partial charge in [-0.05, 0) is 48.4 Å². The minimum absolute atomic E-state index is 0.194. The Kier molecular flexibility index (Phi) is 8.06. The van der Waals surface area contributed by atoms with Crippen LogP contribution >= 0.6 is 34.5 Å². The van der Waals surface area contributed by atoms with Crippen LogP contribution in [-0.2, 0) is 13.0 Å². The Morgan fingerprint density at radius 1 is 1.03 bits per heavy atom. The van der Waals surface area contributed by atoms with Crippen LogP contribution in [0.4, 0.5) is 0 Å². The van der Waals surface area contributed by atoms with E-state index in [1.807, 2.05) is 54.6 Å². The van der Waals surface area contributed by atoms with Gasteiger partial charge in [-0.1, -0.05) is 53.5 Å². The van der Waals surface area contributed by atoms with Crippen molar-refractivity contribution in [2.45, 2.75) is 13.0 Å². The van der Waals surface area contributed by atoms with Gasteiger partial charge in [0.05, 0.1) is 7.11 Å². The third kappa shape index (κ3) is 6.29. The van der Waals surface area contributed by atoms with Crippen molar-refractivity contribution in [2.75, 3.05) is 13.7 Å². The van der Waals surface area contributed by atoms with Crippen molar-refractivity contribution in [3.8, 4) is 22.1 Å². The molecule has 4 rings (SSSR count). The van der Waals surface area contributed by atoms with Crippen LogP contribution in [0.3, 0.4) is 0 Å². The Bertz CT molecular complexity index is 1280. The zero-order valence-electron chi connectivity index (χ0n) is 18.4. The van der Waals surface area contributed by atoms with Crippen molar-refractivity contribution in [1.82, 2.24) is 10.3 Å². The van der Waals surface area contributed by atoms with Crippen LogP contribution in [-0.4, -0.2) is 24.5 Å². The first-order valence-electron chi connectivity index (χ1n) is 10.6. The maximum Gasteiger partial charge on any atom is 0.270 e. The van der Waals surface area contributed by atoms with Crippen molar-refractivity contribution in [2.24, 2.45) is 0 Å².